The Morgan fingerprint density at radius 1 is 1.43 bits per heavy atom. The summed E-state index contributed by atoms with van der Waals surface area (Å²) in [5.41, 5.74) is 5.18. The summed E-state index contributed by atoms with van der Waals surface area (Å²) in [4.78, 5) is 12.3. The molecule has 0 bridgehead atoms. The Labute approximate surface area is 128 Å². The highest BCUT2D eigenvalue weighted by Gasteiger charge is 2.17. The van der Waals surface area contributed by atoms with Gasteiger partial charge < -0.3 is 10.6 Å². The fourth-order valence-corrected chi connectivity index (χ4v) is 2.67. The van der Waals surface area contributed by atoms with Gasteiger partial charge in [-0.25, -0.2) is 17.5 Å². The van der Waals surface area contributed by atoms with Gasteiger partial charge >= 0.3 is 0 Å². The molecular weight excluding hydrogens is 317 g/mol. The lowest BCUT2D eigenvalue weighted by Crippen LogP contribution is -2.30. The number of rotatable bonds is 6. The molecule has 1 aromatic carbocycles. The minimum absolute atomic E-state index is 0.0234. The lowest BCUT2D eigenvalue weighted by Gasteiger charge is -2.11. The zero-order valence-electron chi connectivity index (χ0n) is 11.6. The van der Waals surface area contributed by atoms with Gasteiger partial charge in [0.2, 0.25) is 15.9 Å². The molecule has 21 heavy (non-hydrogen) atoms. The standard InChI is InChI=1S/C12H16FN3O3S2/c1-16(2)11(17)5-6-15-21(18,19)8-3-4-10(13)9(7-8)12(14)20/h3-4,7,15H,5-6H2,1-2H3,(H2,14,20). The number of benzene rings is 1. The normalized spacial score (nSPS) is 11.2. The van der Waals surface area contributed by atoms with Gasteiger partial charge in [-0.05, 0) is 18.2 Å². The van der Waals surface area contributed by atoms with E-state index in [1.165, 1.54) is 4.90 Å². The maximum Gasteiger partial charge on any atom is 0.240 e. The highest BCUT2D eigenvalue weighted by molar-refractivity contribution is 7.89. The quantitative estimate of drug-likeness (QED) is 0.727. The summed E-state index contributed by atoms with van der Waals surface area (Å²) in [6, 6.07) is 3.15. The molecule has 0 aliphatic rings. The molecule has 6 nitrogen and oxygen atoms in total. The van der Waals surface area contributed by atoms with Gasteiger partial charge in [0, 0.05) is 32.6 Å². The molecule has 0 saturated carbocycles. The molecule has 0 heterocycles. The van der Waals surface area contributed by atoms with E-state index in [0.29, 0.717) is 0 Å². The van der Waals surface area contributed by atoms with Crippen LogP contribution < -0.4 is 10.5 Å². The summed E-state index contributed by atoms with van der Waals surface area (Å²) in [6.07, 6.45) is 0.0234. The van der Waals surface area contributed by atoms with Crippen molar-refractivity contribution in [1.29, 1.82) is 0 Å². The van der Waals surface area contributed by atoms with Gasteiger partial charge in [0.05, 0.1) is 4.90 Å². The van der Waals surface area contributed by atoms with Crippen molar-refractivity contribution >= 4 is 33.1 Å². The van der Waals surface area contributed by atoms with Gasteiger partial charge in [0.15, 0.2) is 0 Å². The van der Waals surface area contributed by atoms with Gasteiger partial charge in [-0.15, -0.1) is 0 Å². The van der Waals surface area contributed by atoms with Gasteiger partial charge in [-0.2, -0.15) is 0 Å². The molecule has 0 radical (unpaired) electrons. The maximum absolute atomic E-state index is 13.4. The van der Waals surface area contributed by atoms with Crippen molar-refractivity contribution in [1.82, 2.24) is 9.62 Å². The predicted molar refractivity (Wildman–Crippen MR) is 80.8 cm³/mol. The molecule has 3 N–H and O–H groups in total. The Kier molecular flexibility index (Phi) is 5.76. The number of nitrogens with one attached hydrogen (secondary N) is 1. The van der Waals surface area contributed by atoms with E-state index in [1.54, 1.807) is 14.1 Å². The first-order valence-electron chi connectivity index (χ1n) is 5.94. The van der Waals surface area contributed by atoms with Crippen LogP contribution in [0.4, 0.5) is 4.39 Å². The lowest BCUT2D eigenvalue weighted by molar-refractivity contribution is -0.128. The van der Waals surface area contributed by atoms with Crippen LogP contribution in [0.3, 0.4) is 0 Å². The molecule has 0 unspecified atom stereocenters. The number of thiocarbonyl (C=S) groups is 1. The third kappa shape index (κ3) is 4.73. The van der Waals surface area contributed by atoms with Crippen molar-refractivity contribution in [2.24, 2.45) is 5.73 Å². The van der Waals surface area contributed by atoms with Crippen molar-refractivity contribution in [2.75, 3.05) is 20.6 Å². The van der Waals surface area contributed by atoms with E-state index in [1.807, 2.05) is 0 Å². The summed E-state index contributed by atoms with van der Waals surface area (Å²) >= 11 is 4.65. The van der Waals surface area contributed by atoms with Crippen LogP contribution in [0.2, 0.25) is 0 Å². The van der Waals surface area contributed by atoms with Crippen LogP contribution in [0.15, 0.2) is 23.1 Å². The first-order chi connectivity index (χ1) is 9.65. The van der Waals surface area contributed by atoms with Crippen LogP contribution in [0, 0.1) is 5.82 Å². The monoisotopic (exact) mass is 333 g/mol. The van der Waals surface area contributed by atoms with E-state index in [2.05, 4.69) is 16.9 Å². The second-order valence-electron chi connectivity index (χ2n) is 4.44. The van der Waals surface area contributed by atoms with Gasteiger partial charge in [0.25, 0.3) is 0 Å². The molecule has 0 aliphatic carbocycles. The molecule has 0 fully saturated rings. The molecule has 0 aliphatic heterocycles. The van der Waals surface area contributed by atoms with E-state index >= 15 is 0 Å². The van der Waals surface area contributed by atoms with E-state index in [0.717, 1.165) is 18.2 Å². The first kappa shape index (κ1) is 17.5. The third-order valence-corrected chi connectivity index (χ3v) is 4.32. The molecule has 0 spiro atoms. The molecule has 0 atom stereocenters. The second-order valence-corrected chi connectivity index (χ2v) is 6.65. The van der Waals surface area contributed by atoms with E-state index < -0.39 is 15.8 Å². The number of nitrogens with zero attached hydrogens (tertiary/aromatic N) is 1. The highest BCUT2D eigenvalue weighted by Crippen LogP contribution is 2.15. The molecule has 9 heteroatoms. The van der Waals surface area contributed by atoms with Crippen LogP contribution in [0.1, 0.15) is 12.0 Å². The number of carbonyl (C=O) groups is 1. The summed E-state index contributed by atoms with van der Waals surface area (Å²) in [5.74, 6) is -0.898. The number of hydrogen-bond acceptors (Lipinski definition) is 4. The summed E-state index contributed by atoms with van der Waals surface area (Å²) in [6.45, 7) is -0.0564. The summed E-state index contributed by atoms with van der Waals surface area (Å²) in [7, 11) is -0.708. The Hall–Kier alpha value is -1.58. The minimum Gasteiger partial charge on any atom is -0.389 e. The highest BCUT2D eigenvalue weighted by atomic mass is 32.2. The van der Waals surface area contributed by atoms with Crippen molar-refractivity contribution in [3.05, 3.63) is 29.6 Å². The van der Waals surface area contributed by atoms with Crippen LogP contribution in [0.25, 0.3) is 0 Å². The minimum atomic E-state index is -3.86. The zero-order valence-corrected chi connectivity index (χ0v) is 13.2. The second kappa shape index (κ2) is 6.92. The van der Waals surface area contributed by atoms with Crippen LogP contribution in [-0.4, -0.2) is 44.9 Å². The molecule has 1 aromatic rings. The number of sulfonamides is 1. The van der Waals surface area contributed by atoms with Crippen molar-refractivity contribution in [3.63, 3.8) is 0 Å². The van der Waals surface area contributed by atoms with E-state index in [9.17, 15) is 17.6 Å². The zero-order chi connectivity index (χ0) is 16.2. The third-order valence-electron chi connectivity index (χ3n) is 2.64. The maximum atomic E-state index is 13.4. The van der Waals surface area contributed by atoms with Crippen LogP contribution in [-0.2, 0) is 14.8 Å². The van der Waals surface area contributed by atoms with Gasteiger partial charge in [0.1, 0.15) is 10.8 Å². The van der Waals surface area contributed by atoms with Crippen LogP contribution >= 0.6 is 12.2 Å². The molecule has 0 saturated heterocycles. The number of hydrogen-bond donors (Lipinski definition) is 2. The molecular formula is C12H16FN3O3S2. The Bertz CT molecular complexity index is 660. The van der Waals surface area contributed by atoms with Crippen LogP contribution in [0.5, 0.6) is 0 Å². The first-order valence-corrected chi connectivity index (χ1v) is 7.83. The smallest absolute Gasteiger partial charge is 0.240 e. The molecule has 1 rings (SSSR count). The summed E-state index contributed by atoms with van der Waals surface area (Å²) < 4.78 is 39.7. The molecule has 1 amide bonds. The SMILES string of the molecule is CN(C)C(=O)CCNS(=O)(=O)c1ccc(F)c(C(N)=S)c1. The molecule has 116 valence electrons. The predicted octanol–water partition coefficient (Wildman–Crippen LogP) is 0.217. The number of halogens is 1. The largest absolute Gasteiger partial charge is 0.389 e. The van der Waals surface area contributed by atoms with Crippen molar-refractivity contribution in [3.8, 4) is 0 Å². The Morgan fingerprint density at radius 2 is 2.05 bits per heavy atom. The average molecular weight is 333 g/mol. The van der Waals surface area contributed by atoms with E-state index in [-0.39, 0.29) is 34.3 Å². The van der Waals surface area contributed by atoms with Crippen molar-refractivity contribution < 1.29 is 17.6 Å². The molecule has 0 aromatic heterocycles. The van der Waals surface area contributed by atoms with Crippen molar-refractivity contribution in [2.45, 2.75) is 11.3 Å². The average Bonchev–Trinajstić information content (AvgIpc) is 2.38. The Morgan fingerprint density at radius 3 is 2.57 bits per heavy atom. The van der Waals surface area contributed by atoms with Gasteiger partial charge in [-0.1, -0.05) is 12.2 Å². The summed E-state index contributed by atoms with van der Waals surface area (Å²) in [5, 5.41) is 0. The fourth-order valence-electron chi connectivity index (χ4n) is 1.46. The topological polar surface area (TPSA) is 92.5 Å². The Balaban J connectivity index is 2.86. The number of carbonyl (C=O) groups excluding carboxylic acids is 1. The number of nitrogens with two attached hydrogens (primary N) is 1. The van der Waals surface area contributed by atoms with E-state index in [4.69, 9.17) is 5.73 Å². The van der Waals surface area contributed by atoms with Gasteiger partial charge in [-0.3, -0.25) is 4.79 Å². The number of amides is 1. The lowest BCUT2D eigenvalue weighted by atomic mass is 10.2. The fraction of sp³-hybridized carbons (Fsp3) is 0.333.